The molecule has 0 radical (unpaired) electrons. The molecule has 1 aliphatic carbocycles. The Morgan fingerprint density at radius 2 is 2.17 bits per heavy atom. The molecule has 0 N–H and O–H groups in total. The van der Waals surface area contributed by atoms with Gasteiger partial charge in [-0.15, -0.1) is 6.58 Å². The molecule has 0 fully saturated rings. The molecule has 1 rings (SSSR count). The van der Waals surface area contributed by atoms with Crippen LogP contribution < -0.4 is 0 Å². The van der Waals surface area contributed by atoms with Crippen LogP contribution in [-0.4, -0.2) is 0 Å². The molecule has 12 heavy (non-hydrogen) atoms. The molecular formula is C12H18. The van der Waals surface area contributed by atoms with E-state index in [1.165, 1.54) is 37.7 Å². The Balaban J connectivity index is 2.49. The van der Waals surface area contributed by atoms with Gasteiger partial charge in [0.05, 0.1) is 0 Å². The number of hydrogen-bond donors (Lipinski definition) is 0. The fourth-order valence-electron chi connectivity index (χ4n) is 1.72. The lowest BCUT2D eigenvalue weighted by atomic mass is 9.91. The third kappa shape index (κ3) is 2.69. The Kier molecular flexibility index (Phi) is 3.86. The third-order valence-electron chi connectivity index (χ3n) is 2.58. The average molecular weight is 162 g/mol. The van der Waals surface area contributed by atoms with E-state index in [1.807, 2.05) is 6.08 Å². The zero-order chi connectivity index (χ0) is 8.81. The lowest BCUT2D eigenvalue weighted by Gasteiger charge is -2.14. The van der Waals surface area contributed by atoms with Gasteiger partial charge in [-0.05, 0) is 38.0 Å². The average Bonchev–Trinajstić information content (AvgIpc) is 2.05. The van der Waals surface area contributed by atoms with Crippen molar-refractivity contribution < 1.29 is 0 Å². The van der Waals surface area contributed by atoms with Gasteiger partial charge in [0.15, 0.2) is 0 Å². The standard InChI is InChI=1S/C12H18/c1-3-11-7-5-9-12(4-2)10-6-8-11/h3-4,7,12H,1-2,5-6,8-10H2/b11-7+. The number of allylic oxidation sites excluding steroid dienone is 4. The molecule has 0 saturated heterocycles. The minimum atomic E-state index is 0.743. The molecule has 0 aromatic heterocycles. The van der Waals surface area contributed by atoms with Crippen LogP contribution in [0.4, 0.5) is 0 Å². The summed E-state index contributed by atoms with van der Waals surface area (Å²) < 4.78 is 0. The Labute approximate surface area is 75.7 Å². The molecule has 0 heteroatoms. The topological polar surface area (TPSA) is 0 Å². The second-order valence-corrected chi connectivity index (χ2v) is 3.45. The van der Waals surface area contributed by atoms with Gasteiger partial charge in [0.25, 0.3) is 0 Å². The maximum absolute atomic E-state index is 3.85. The highest BCUT2D eigenvalue weighted by molar-refractivity contribution is 5.16. The minimum Gasteiger partial charge on any atom is -0.103 e. The van der Waals surface area contributed by atoms with Crippen LogP contribution >= 0.6 is 0 Å². The van der Waals surface area contributed by atoms with Crippen LogP contribution in [0.2, 0.25) is 0 Å². The lowest BCUT2D eigenvalue weighted by molar-refractivity contribution is 0.517. The van der Waals surface area contributed by atoms with E-state index in [-0.39, 0.29) is 0 Å². The third-order valence-corrected chi connectivity index (χ3v) is 2.58. The predicted molar refractivity (Wildman–Crippen MR) is 55.1 cm³/mol. The molecule has 66 valence electrons. The zero-order valence-electron chi connectivity index (χ0n) is 7.76. The van der Waals surface area contributed by atoms with Gasteiger partial charge in [0.1, 0.15) is 0 Å². The van der Waals surface area contributed by atoms with Gasteiger partial charge in [-0.2, -0.15) is 0 Å². The fourth-order valence-corrected chi connectivity index (χ4v) is 1.72. The van der Waals surface area contributed by atoms with Crippen LogP contribution in [0.3, 0.4) is 0 Å². The van der Waals surface area contributed by atoms with Gasteiger partial charge >= 0.3 is 0 Å². The predicted octanol–water partition coefficient (Wildman–Crippen LogP) is 3.87. The van der Waals surface area contributed by atoms with Crippen molar-refractivity contribution in [2.45, 2.75) is 32.1 Å². The van der Waals surface area contributed by atoms with E-state index in [2.05, 4.69) is 25.3 Å². The molecule has 1 unspecified atom stereocenters. The van der Waals surface area contributed by atoms with E-state index in [0.717, 1.165) is 5.92 Å². The first-order valence-electron chi connectivity index (χ1n) is 4.81. The van der Waals surface area contributed by atoms with E-state index in [1.54, 1.807) is 0 Å². The van der Waals surface area contributed by atoms with Crippen molar-refractivity contribution in [3.8, 4) is 0 Å². The summed E-state index contributed by atoms with van der Waals surface area (Å²) in [5.74, 6) is 0.743. The van der Waals surface area contributed by atoms with E-state index in [0.29, 0.717) is 0 Å². The summed E-state index contributed by atoms with van der Waals surface area (Å²) in [5, 5.41) is 0. The molecule has 1 atom stereocenters. The molecule has 0 aliphatic heterocycles. The molecular weight excluding hydrogens is 144 g/mol. The molecule has 0 saturated carbocycles. The molecule has 0 bridgehead atoms. The summed E-state index contributed by atoms with van der Waals surface area (Å²) in [6.07, 6.45) is 12.7. The Hall–Kier alpha value is -0.780. The smallest absolute Gasteiger partial charge is 0.0233 e. The summed E-state index contributed by atoms with van der Waals surface area (Å²) >= 11 is 0. The van der Waals surface area contributed by atoms with E-state index in [4.69, 9.17) is 0 Å². The Morgan fingerprint density at radius 3 is 2.83 bits per heavy atom. The van der Waals surface area contributed by atoms with Crippen molar-refractivity contribution in [1.82, 2.24) is 0 Å². The molecule has 1 aliphatic rings. The molecule has 0 nitrogen and oxygen atoms in total. The highest BCUT2D eigenvalue weighted by Gasteiger charge is 2.06. The first-order chi connectivity index (χ1) is 5.86. The normalized spacial score (nSPS) is 29.3. The fraction of sp³-hybridized carbons (Fsp3) is 0.500. The van der Waals surface area contributed by atoms with Crippen LogP contribution in [0.5, 0.6) is 0 Å². The highest BCUT2D eigenvalue weighted by atomic mass is 14.1. The van der Waals surface area contributed by atoms with E-state index >= 15 is 0 Å². The summed E-state index contributed by atoms with van der Waals surface area (Å²) in [6, 6.07) is 0. The number of rotatable bonds is 2. The quantitative estimate of drug-likeness (QED) is 0.541. The second kappa shape index (κ2) is 4.97. The summed E-state index contributed by atoms with van der Waals surface area (Å²) in [4.78, 5) is 0. The molecule has 0 aromatic carbocycles. The van der Waals surface area contributed by atoms with Gasteiger partial charge in [-0.25, -0.2) is 0 Å². The van der Waals surface area contributed by atoms with Crippen molar-refractivity contribution in [2.24, 2.45) is 5.92 Å². The van der Waals surface area contributed by atoms with Gasteiger partial charge in [0, 0.05) is 0 Å². The SMILES string of the molecule is C=C/C1=C\CCC(C=C)CCC1. The Morgan fingerprint density at radius 1 is 1.33 bits per heavy atom. The Bertz CT molecular complexity index is 186. The summed E-state index contributed by atoms with van der Waals surface area (Å²) in [6.45, 7) is 7.66. The van der Waals surface area contributed by atoms with Crippen LogP contribution in [0.15, 0.2) is 37.0 Å². The van der Waals surface area contributed by atoms with Gasteiger partial charge in [0.2, 0.25) is 0 Å². The molecule has 0 spiro atoms. The van der Waals surface area contributed by atoms with E-state index < -0.39 is 0 Å². The monoisotopic (exact) mass is 162 g/mol. The van der Waals surface area contributed by atoms with Crippen LogP contribution in [-0.2, 0) is 0 Å². The van der Waals surface area contributed by atoms with Gasteiger partial charge in [-0.1, -0.05) is 30.4 Å². The highest BCUT2D eigenvalue weighted by Crippen LogP contribution is 2.22. The molecule has 0 amide bonds. The maximum Gasteiger partial charge on any atom is -0.0233 e. The van der Waals surface area contributed by atoms with Crippen molar-refractivity contribution in [2.75, 3.05) is 0 Å². The van der Waals surface area contributed by atoms with Gasteiger partial charge in [-0.3, -0.25) is 0 Å². The lowest BCUT2D eigenvalue weighted by Crippen LogP contribution is -1.99. The minimum absolute atomic E-state index is 0.743. The largest absolute Gasteiger partial charge is 0.103 e. The second-order valence-electron chi connectivity index (χ2n) is 3.45. The van der Waals surface area contributed by atoms with Crippen LogP contribution in [0.1, 0.15) is 32.1 Å². The van der Waals surface area contributed by atoms with Gasteiger partial charge < -0.3 is 0 Å². The zero-order valence-corrected chi connectivity index (χ0v) is 7.76. The van der Waals surface area contributed by atoms with Crippen molar-refractivity contribution >= 4 is 0 Å². The van der Waals surface area contributed by atoms with Crippen molar-refractivity contribution in [3.05, 3.63) is 37.0 Å². The van der Waals surface area contributed by atoms with Crippen molar-refractivity contribution in [3.63, 3.8) is 0 Å². The first kappa shape index (κ1) is 9.31. The van der Waals surface area contributed by atoms with Crippen LogP contribution in [0.25, 0.3) is 0 Å². The molecule has 0 aromatic rings. The van der Waals surface area contributed by atoms with Crippen molar-refractivity contribution in [1.29, 1.82) is 0 Å². The first-order valence-corrected chi connectivity index (χ1v) is 4.81. The maximum atomic E-state index is 3.85. The molecule has 0 heterocycles. The van der Waals surface area contributed by atoms with Crippen LogP contribution in [0, 0.1) is 5.92 Å². The summed E-state index contributed by atoms with van der Waals surface area (Å²) in [5.41, 5.74) is 1.43. The number of hydrogen-bond acceptors (Lipinski definition) is 0. The summed E-state index contributed by atoms with van der Waals surface area (Å²) in [7, 11) is 0. The van der Waals surface area contributed by atoms with E-state index in [9.17, 15) is 0 Å².